The molecule has 8 heteroatoms. The normalized spacial score (nSPS) is 11.1. The van der Waals surface area contributed by atoms with Crippen molar-refractivity contribution in [2.45, 2.75) is 13.3 Å². The second-order valence-corrected chi connectivity index (χ2v) is 7.36. The van der Waals surface area contributed by atoms with Crippen molar-refractivity contribution in [2.75, 3.05) is 27.2 Å². The summed E-state index contributed by atoms with van der Waals surface area (Å²) >= 11 is 0. The van der Waals surface area contributed by atoms with Crippen LogP contribution in [-0.2, 0) is 0 Å². The maximum Gasteiger partial charge on any atom is 0.268 e. The molecule has 0 saturated heterocycles. The largest absolute Gasteiger partial charge is 0.478 e. The molecule has 0 aliphatic rings. The Kier molecular flexibility index (Phi) is 6.28. The lowest BCUT2D eigenvalue weighted by molar-refractivity contribution is 0.273. The molecule has 1 aromatic carbocycles. The first-order valence-electron chi connectivity index (χ1n) is 10.1. The lowest BCUT2D eigenvalue weighted by atomic mass is 10.2. The van der Waals surface area contributed by atoms with Crippen molar-refractivity contribution < 1.29 is 9.15 Å². The van der Waals surface area contributed by atoms with E-state index in [1.807, 2.05) is 63.5 Å². The van der Waals surface area contributed by atoms with E-state index in [1.54, 1.807) is 12.4 Å². The molecular formula is C23H24N6O2. The predicted octanol–water partition coefficient (Wildman–Crippen LogP) is 3.89. The fourth-order valence-corrected chi connectivity index (χ4v) is 2.98. The molecule has 0 N–H and O–H groups in total. The third kappa shape index (κ3) is 5.10. The Labute approximate surface area is 181 Å². The molecule has 0 spiro atoms. The maximum atomic E-state index is 5.85. The van der Waals surface area contributed by atoms with E-state index in [-0.39, 0.29) is 0 Å². The fraction of sp³-hybridized carbons (Fsp3) is 0.261. The quantitative estimate of drug-likeness (QED) is 0.400. The molecule has 3 aromatic heterocycles. The first-order valence-corrected chi connectivity index (χ1v) is 10.1. The molecule has 0 amide bonds. The Morgan fingerprint density at radius 1 is 0.903 bits per heavy atom. The third-order valence-electron chi connectivity index (χ3n) is 4.64. The molecular weight excluding hydrogens is 392 g/mol. The number of hydrogen-bond donors (Lipinski definition) is 0. The minimum atomic E-state index is 0.333. The number of benzene rings is 1. The first-order chi connectivity index (χ1) is 15.1. The van der Waals surface area contributed by atoms with Gasteiger partial charge in [0.25, 0.3) is 5.89 Å². The monoisotopic (exact) mass is 416 g/mol. The van der Waals surface area contributed by atoms with Gasteiger partial charge in [0.2, 0.25) is 11.8 Å². The Morgan fingerprint density at radius 2 is 1.71 bits per heavy atom. The lowest BCUT2D eigenvalue weighted by Crippen LogP contribution is -2.15. The van der Waals surface area contributed by atoms with Gasteiger partial charge in [0, 0.05) is 29.9 Å². The van der Waals surface area contributed by atoms with Gasteiger partial charge in [0.05, 0.1) is 24.2 Å². The van der Waals surface area contributed by atoms with Gasteiger partial charge in [0.1, 0.15) is 5.69 Å². The molecule has 4 aromatic rings. The van der Waals surface area contributed by atoms with Gasteiger partial charge < -0.3 is 14.1 Å². The topological polar surface area (TPSA) is 90.1 Å². The van der Waals surface area contributed by atoms with Crippen molar-refractivity contribution in [1.29, 1.82) is 0 Å². The zero-order chi connectivity index (χ0) is 21.6. The molecule has 0 atom stereocenters. The summed E-state index contributed by atoms with van der Waals surface area (Å²) in [6.07, 6.45) is 4.38. The number of nitrogens with zero attached hydrogens (tertiary/aromatic N) is 6. The van der Waals surface area contributed by atoms with Gasteiger partial charge in [-0.2, -0.15) is 0 Å². The minimum absolute atomic E-state index is 0.333. The van der Waals surface area contributed by atoms with Gasteiger partial charge in [-0.3, -0.25) is 4.98 Å². The summed E-state index contributed by atoms with van der Waals surface area (Å²) in [4.78, 5) is 15.7. The zero-order valence-electron chi connectivity index (χ0n) is 17.8. The summed E-state index contributed by atoms with van der Waals surface area (Å²) in [7, 11) is 4.08. The average Bonchev–Trinajstić information content (AvgIpc) is 3.28. The summed E-state index contributed by atoms with van der Waals surface area (Å²) in [5.41, 5.74) is 3.62. The number of hydrogen-bond acceptors (Lipinski definition) is 8. The molecule has 3 heterocycles. The van der Waals surface area contributed by atoms with Crippen LogP contribution in [0.5, 0.6) is 5.88 Å². The number of rotatable bonds is 8. The van der Waals surface area contributed by atoms with Crippen LogP contribution in [0.1, 0.15) is 12.1 Å². The van der Waals surface area contributed by atoms with E-state index in [0.717, 1.165) is 24.1 Å². The van der Waals surface area contributed by atoms with E-state index in [2.05, 4.69) is 25.1 Å². The molecule has 0 fully saturated rings. The highest BCUT2D eigenvalue weighted by molar-refractivity contribution is 5.63. The van der Waals surface area contributed by atoms with E-state index in [1.165, 1.54) is 0 Å². The van der Waals surface area contributed by atoms with Gasteiger partial charge >= 0.3 is 0 Å². The van der Waals surface area contributed by atoms with Gasteiger partial charge in [-0.1, -0.05) is 18.2 Å². The van der Waals surface area contributed by atoms with Crippen LogP contribution < -0.4 is 4.74 Å². The van der Waals surface area contributed by atoms with Crippen LogP contribution in [0.3, 0.4) is 0 Å². The van der Waals surface area contributed by atoms with E-state index in [0.29, 0.717) is 41.4 Å². The summed E-state index contributed by atoms with van der Waals surface area (Å²) in [6.45, 7) is 3.46. The van der Waals surface area contributed by atoms with Crippen LogP contribution in [0.15, 0.2) is 59.3 Å². The molecule has 4 rings (SSSR count). The van der Waals surface area contributed by atoms with E-state index >= 15 is 0 Å². The highest BCUT2D eigenvalue weighted by Crippen LogP contribution is 2.26. The predicted molar refractivity (Wildman–Crippen MR) is 117 cm³/mol. The summed E-state index contributed by atoms with van der Waals surface area (Å²) < 4.78 is 11.6. The molecule has 0 saturated carbocycles. The van der Waals surface area contributed by atoms with Crippen LogP contribution in [0.2, 0.25) is 0 Å². The van der Waals surface area contributed by atoms with E-state index < -0.39 is 0 Å². The van der Waals surface area contributed by atoms with Crippen molar-refractivity contribution in [3.63, 3.8) is 0 Å². The van der Waals surface area contributed by atoms with Crippen molar-refractivity contribution >= 4 is 0 Å². The number of pyridine rings is 1. The molecule has 0 aliphatic heterocycles. The van der Waals surface area contributed by atoms with Gasteiger partial charge in [-0.15, -0.1) is 10.2 Å². The van der Waals surface area contributed by atoms with Crippen LogP contribution in [0.25, 0.3) is 34.3 Å². The first kappa shape index (κ1) is 20.6. The molecule has 8 nitrogen and oxygen atoms in total. The van der Waals surface area contributed by atoms with Gasteiger partial charge in [-0.25, -0.2) is 9.97 Å². The van der Waals surface area contributed by atoms with E-state index in [9.17, 15) is 0 Å². The highest BCUT2D eigenvalue weighted by atomic mass is 16.5. The molecule has 0 aliphatic carbocycles. The number of aryl methyl sites for hydroxylation is 1. The van der Waals surface area contributed by atoms with Crippen molar-refractivity contribution in [1.82, 2.24) is 30.0 Å². The van der Waals surface area contributed by atoms with Crippen LogP contribution in [-0.4, -0.2) is 57.3 Å². The number of aromatic nitrogens is 5. The van der Waals surface area contributed by atoms with Crippen LogP contribution >= 0.6 is 0 Å². The van der Waals surface area contributed by atoms with Crippen LogP contribution in [0.4, 0.5) is 0 Å². The minimum Gasteiger partial charge on any atom is -0.478 e. The Balaban J connectivity index is 1.51. The van der Waals surface area contributed by atoms with Gasteiger partial charge in [-0.05, 0) is 45.6 Å². The molecule has 0 radical (unpaired) electrons. The Bertz CT molecular complexity index is 1130. The summed E-state index contributed by atoms with van der Waals surface area (Å²) in [5, 5.41) is 8.32. The number of ether oxygens (including phenoxy) is 1. The van der Waals surface area contributed by atoms with Crippen LogP contribution in [0, 0.1) is 6.92 Å². The van der Waals surface area contributed by atoms with E-state index in [4.69, 9.17) is 14.1 Å². The lowest BCUT2D eigenvalue weighted by Gasteiger charge is -2.10. The van der Waals surface area contributed by atoms with Crippen molar-refractivity contribution in [3.05, 3.63) is 60.6 Å². The molecule has 31 heavy (non-hydrogen) atoms. The third-order valence-corrected chi connectivity index (χ3v) is 4.64. The summed E-state index contributed by atoms with van der Waals surface area (Å²) in [5.74, 6) is 1.37. The molecule has 0 bridgehead atoms. The SMILES string of the molecule is Cc1ncc(-c2ccc(OCCCN(C)C)nc2)nc1-c1nnc(-c2ccccc2)o1. The zero-order valence-corrected chi connectivity index (χ0v) is 17.8. The smallest absolute Gasteiger partial charge is 0.268 e. The fourth-order valence-electron chi connectivity index (χ4n) is 2.98. The van der Waals surface area contributed by atoms with Crippen molar-refractivity contribution in [2.24, 2.45) is 0 Å². The molecule has 158 valence electrons. The Hall–Kier alpha value is -3.65. The Morgan fingerprint density at radius 3 is 2.45 bits per heavy atom. The van der Waals surface area contributed by atoms with Gasteiger partial charge in [0.15, 0.2) is 0 Å². The second kappa shape index (κ2) is 9.44. The maximum absolute atomic E-state index is 5.85. The highest BCUT2D eigenvalue weighted by Gasteiger charge is 2.16. The standard InChI is InChI=1S/C23H24N6O2/c1-16-21(23-28-27-22(31-23)17-8-5-4-6-9-17)26-19(15-24-16)18-10-11-20(25-14-18)30-13-7-12-29(2)3/h4-6,8-11,14-15H,7,12-13H2,1-3H3. The van der Waals surface area contributed by atoms with Crippen molar-refractivity contribution in [3.8, 4) is 40.2 Å². The summed E-state index contributed by atoms with van der Waals surface area (Å²) in [6, 6.07) is 13.4. The molecule has 0 unspecified atom stereocenters. The second-order valence-electron chi connectivity index (χ2n) is 7.36. The average molecular weight is 416 g/mol.